The number of anilines is 3. The van der Waals surface area contributed by atoms with Crippen LogP contribution >= 0.6 is 0 Å². The van der Waals surface area contributed by atoms with Gasteiger partial charge in [0.25, 0.3) is 0 Å². The van der Waals surface area contributed by atoms with Gasteiger partial charge in [-0.3, -0.25) is 4.79 Å². The van der Waals surface area contributed by atoms with Crippen LogP contribution < -0.4 is 16.0 Å². The molecule has 1 saturated heterocycles. The summed E-state index contributed by atoms with van der Waals surface area (Å²) in [7, 11) is 0. The average molecular weight is 449 g/mol. The number of fused-ring (bicyclic) bond motifs is 1. The van der Waals surface area contributed by atoms with Crippen LogP contribution in [0.5, 0.6) is 0 Å². The number of nitrogens with zero attached hydrogens (tertiary/aromatic N) is 4. The minimum absolute atomic E-state index is 0.0989. The molecule has 2 unspecified atom stereocenters. The van der Waals surface area contributed by atoms with Gasteiger partial charge in [0, 0.05) is 25.0 Å². The lowest BCUT2D eigenvalue weighted by molar-refractivity contribution is 0.0526. The van der Waals surface area contributed by atoms with E-state index in [0.717, 1.165) is 12.1 Å². The number of hydrogen-bond donors (Lipinski definition) is 2. The fourth-order valence-electron chi connectivity index (χ4n) is 4.30. The molecule has 0 aliphatic carbocycles. The molecular weight excluding hydrogens is 416 g/mol. The molecule has 3 aromatic rings. The number of nitrogens with two attached hydrogens (primary N) is 1. The van der Waals surface area contributed by atoms with E-state index >= 15 is 0 Å². The highest BCUT2D eigenvalue weighted by atomic mass is 16.5. The van der Waals surface area contributed by atoms with Crippen molar-refractivity contribution < 1.29 is 9.53 Å². The van der Waals surface area contributed by atoms with E-state index in [1.54, 1.807) is 6.07 Å². The van der Waals surface area contributed by atoms with E-state index in [-0.39, 0.29) is 6.10 Å². The summed E-state index contributed by atoms with van der Waals surface area (Å²) in [5.74, 6) is 1.22. The summed E-state index contributed by atoms with van der Waals surface area (Å²) in [6.45, 7) is 8.52. The number of carbonyl (C=O) groups excluding carboxylic acids is 1. The van der Waals surface area contributed by atoms with Crippen molar-refractivity contribution in [3.8, 4) is 0 Å². The third kappa shape index (κ3) is 5.22. The fourth-order valence-corrected chi connectivity index (χ4v) is 4.30. The molecule has 1 aliphatic heterocycles. The first-order valence-corrected chi connectivity index (χ1v) is 11.7. The minimum Gasteiger partial charge on any atom is -0.375 e. The Balaban J connectivity index is 1.70. The van der Waals surface area contributed by atoms with E-state index in [9.17, 15) is 4.79 Å². The first-order valence-electron chi connectivity index (χ1n) is 11.7. The molecule has 2 atom stereocenters. The van der Waals surface area contributed by atoms with Gasteiger partial charge in [-0.2, -0.15) is 9.97 Å². The third-order valence-corrected chi connectivity index (χ3v) is 6.12. The van der Waals surface area contributed by atoms with Crippen LogP contribution in [0.15, 0.2) is 36.5 Å². The number of nitrogens with one attached hydrogen (secondary N) is 1. The summed E-state index contributed by atoms with van der Waals surface area (Å²) in [6.07, 6.45) is 5.04. The zero-order valence-corrected chi connectivity index (χ0v) is 19.5. The number of benzene rings is 1. The molecule has 1 aliphatic rings. The number of rotatable bonds is 8. The summed E-state index contributed by atoms with van der Waals surface area (Å²) >= 11 is 0. The second-order valence-electron chi connectivity index (χ2n) is 8.60. The number of primary amides is 1. The molecule has 0 saturated carbocycles. The molecular formula is C25H32N6O2. The van der Waals surface area contributed by atoms with Gasteiger partial charge in [-0.1, -0.05) is 32.4 Å². The summed E-state index contributed by atoms with van der Waals surface area (Å²) < 4.78 is 5.66. The van der Waals surface area contributed by atoms with E-state index < -0.39 is 5.91 Å². The molecule has 1 fully saturated rings. The summed E-state index contributed by atoms with van der Waals surface area (Å²) in [4.78, 5) is 27.7. The SMILES string of the molecule is CCCC(CC)c1ccc(Nc2nc(N3CCOC(C)C3)nc3ncc(C(N)=O)cc23)cc1. The molecule has 1 aromatic carbocycles. The van der Waals surface area contributed by atoms with Gasteiger partial charge in [-0.15, -0.1) is 0 Å². The topological polar surface area (TPSA) is 106 Å². The molecule has 0 radical (unpaired) electrons. The van der Waals surface area contributed by atoms with E-state index in [0.29, 0.717) is 54.0 Å². The van der Waals surface area contributed by atoms with Crippen molar-refractivity contribution >= 4 is 34.4 Å². The molecule has 3 N–H and O–H groups in total. The quantitative estimate of drug-likeness (QED) is 0.526. The van der Waals surface area contributed by atoms with Crippen LogP contribution in [-0.4, -0.2) is 46.7 Å². The van der Waals surface area contributed by atoms with Gasteiger partial charge < -0.3 is 20.7 Å². The number of aromatic nitrogens is 3. The molecule has 33 heavy (non-hydrogen) atoms. The van der Waals surface area contributed by atoms with Gasteiger partial charge >= 0.3 is 0 Å². The number of morpholine rings is 1. The lowest BCUT2D eigenvalue weighted by Crippen LogP contribution is -2.42. The second-order valence-corrected chi connectivity index (χ2v) is 8.60. The Kier molecular flexibility index (Phi) is 7.03. The van der Waals surface area contributed by atoms with Crippen LogP contribution in [0, 0.1) is 0 Å². The Labute approximate surface area is 194 Å². The maximum atomic E-state index is 11.7. The number of carbonyl (C=O) groups is 1. The Morgan fingerprint density at radius 1 is 1.27 bits per heavy atom. The predicted octanol–water partition coefficient (Wildman–Crippen LogP) is 4.39. The molecule has 0 bridgehead atoms. The molecule has 8 nitrogen and oxygen atoms in total. The third-order valence-electron chi connectivity index (χ3n) is 6.12. The van der Waals surface area contributed by atoms with Gasteiger partial charge in [0.1, 0.15) is 5.82 Å². The number of hydrogen-bond acceptors (Lipinski definition) is 7. The van der Waals surface area contributed by atoms with E-state index in [1.807, 2.05) is 6.92 Å². The van der Waals surface area contributed by atoms with Crippen LogP contribution in [0.1, 0.15) is 61.9 Å². The van der Waals surface area contributed by atoms with E-state index in [1.165, 1.54) is 24.6 Å². The Morgan fingerprint density at radius 3 is 2.73 bits per heavy atom. The highest BCUT2D eigenvalue weighted by Crippen LogP contribution is 2.29. The standard InChI is InChI=1S/C25H32N6O2/c1-4-6-17(5-2)18-7-9-20(10-8-18)28-24-21-13-19(22(26)32)14-27-23(21)29-25(30-24)31-11-12-33-16(3)15-31/h7-10,13-14,16-17H,4-6,11-12,15H2,1-3H3,(H2,26,32)(H,27,28,29,30). The maximum absolute atomic E-state index is 11.7. The predicted molar refractivity (Wildman–Crippen MR) is 131 cm³/mol. The van der Waals surface area contributed by atoms with Crippen LogP contribution in [0.3, 0.4) is 0 Å². The molecule has 3 heterocycles. The second kappa shape index (κ2) is 10.1. The largest absolute Gasteiger partial charge is 0.375 e. The van der Waals surface area contributed by atoms with Gasteiger partial charge in [-0.25, -0.2) is 4.98 Å². The summed E-state index contributed by atoms with van der Waals surface area (Å²) in [6, 6.07) is 10.2. The van der Waals surface area contributed by atoms with Crippen molar-refractivity contribution in [3.63, 3.8) is 0 Å². The minimum atomic E-state index is -0.535. The smallest absolute Gasteiger partial charge is 0.250 e. The number of ether oxygens (including phenoxy) is 1. The zero-order chi connectivity index (χ0) is 23.4. The van der Waals surface area contributed by atoms with Gasteiger partial charge in [0.2, 0.25) is 11.9 Å². The Bertz CT molecular complexity index is 1120. The summed E-state index contributed by atoms with van der Waals surface area (Å²) in [5.41, 5.74) is 8.58. The maximum Gasteiger partial charge on any atom is 0.250 e. The summed E-state index contributed by atoms with van der Waals surface area (Å²) in [5, 5.41) is 4.07. The molecule has 0 spiro atoms. The highest BCUT2D eigenvalue weighted by Gasteiger charge is 2.21. The van der Waals surface area contributed by atoms with Crippen molar-refractivity contribution in [2.24, 2.45) is 5.73 Å². The van der Waals surface area contributed by atoms with Gasteiger partial charge in [-0.05, 0) is 49.4 Å². The van der Waals surface area contributed by atoms with E-state index in [2.05, 4.69) is 58.3 Å². The van der Waals surface area contributed by atoms with Crippen molar-refractivity contribution in [2.45, 2.75) is 52.1 Å². The fraction of sp³-hybridized carbons (Fsp3) is 0.440. The number of amides is 1. The normalized spacial score (nSPS) is 17.2. The van der Waals surface area contributed by atoms with E-state index in [4.69, 9.17) is 15.5 Å². The van der Waals surface area contributed by atoms with Crippen molar-refractivity contribution in [1.29, 1.82) is 0 Å². The highest BCUT2D eigenvalue weighted by molar-refractivity contribution is 5.98. The number of pyridine rings is 1. The van der Waals surface area contributed by atoms with Crippen LogP contribution in [0.4, 0.5) is 17.5 Å². The van der Waals surface area contributed by atoms with Gasteiger partial charge in [0.15, 0.2) is 5.65 Å². The van der Waals surface area contributed by atoms with Crippen molar-refractivity contribution in [3.05, 3.63) is 47.7 Å². The molecule has 8 heteroatoms. The first-order chi connectivity index (χ1) is 16.0. The average Bonchev–Trinajstić information content (AvgIpc) is 2.82. The first kappa shape index (κ1) is 22.9. The lowest BCUT2D eigenvalue weighted by atomic mass is 9.92. The van der Waals surface area contributed by atoms with Crippen molar-refractivity contribution in [1.82, 2.24) is 15.0 Å². The molecule has 174 valence electrons. The monoisotopic (exact) mass is 448 g/mol. The van der Waals surface area contributed by atoms with Crippen LogP contribution in [0.25, 0.3) is 11.0 Å². The molecule has 2 aromatic heterocycles. The Hall–Kier alpha value is -3.26. The molecule has 1 amide bonds. The lowest BCUT2D eigenvalue weighted by Gasteiger charge is -2.31. The zero-order valence-electron chi connectivity index (χ0n) is 19.5. The van der Waals surface area contributed by atoms with Gasteiger partial charge in [0.05, 0.1) is 23.7 Å². The Morgan fingerprint density at radius 2 is 2.06 bits per heavy atom. The van der Waals surface area contributed by atoms with Crippen LogP contribution in [0.2, 0.25) is 0 Å². The molecule has 4 rings (SSSR count). The van der Waals surface area contributed by atoms with Crippen molar-refractivity contribution in [2.75, 3.05) is 29.9 Å². The van der Waals surface area contributed by atoms with Crippen LogP contribution in [-0.2, 0) is 4.74 Å².